The number of methoxy groups -OCH3 is 1. The first-order chi connectivity index (χ1) is 12.3. The fraction of sp³-hybridized carbons (Fsp3) is 0.333. The molecule has 0 aliphatic rings. The maximum atomic E-state index is 12.7. The van der Waals surface area contributed by atoms with Crippen molar-refractivity contribution in [1.82, 2.24) is 4.72 Å². The Kier molecular flexibility index (Phi) is 6.33. The van der Waals surface area contributed by atoms with Gasteiger partial charge >= 0.3 is 0 Å². The molecule has 2 unspecified atom stereocenters. The molecule has 2 aromatic carbocycles. The zero-order valence-corrected chi connectivity index (χ0v) is 15.7. The smallest absolute Gasteiger partial charge is 0.241 e. The molecular formula is C18H22N2O5S. The first kappa shape index (κ1) is 19.9. The van der Waals surface area contributed by atoms with E-state index in [0.29, 0.717) is 11.3 Å². The van der Waals surface area contributed by atoms with Crippen molar-refractivity contribution in [3.05, 3.63) is 69.8 Å². The lowest BCUT2D eigenvalue weighted by Gasteiger charge is -2.22. The molecule has 0 fully saturated rings. The van der Waals surface area contributed by atoms with E-state index in [-0.39, 0.29) is 11.3 Å². The van der Waals surface area contributed by atoms with E-state index < -0.39 is 27.0 Å². The molecule has 0 heterocycles. The van der Waals surface area contributed by atoms with Crippen molar-refractivity contribution in [2.75, 3.05) is 7.11 Å². The van der Waals surface area contributed by atoms with E-state index in [2.05, 4.69) is 4.72 Å². The summed E-state index contributed by atoms with van der Waals surface area (Å²) in [5.74, 6) is 0.586. The van der Waals surface area contributed by atoms with Crippen LogP contribution in [0.3, 0.4) is 0 Å². The number of hydrogen-bond donors (Lipinski definition) is 1. The Morgan fingerprint density at radius 2 is 1.69 bits per heavy atom. The molecule has 0 saturated carbocycles. The van der Waals surface area contributed by atoms with Crippen LogP contribution in [0.4, 0.5) is 0 Å². The summed E-state index contributed by atoms with van der Waals surface area (Å²) in [4.78, 5) is 11.1. The summed E-state index contributed by atoms with van der Waals surface area (Å²) in [7, 11) is -2.40. The number of aryl methyl sites for hydroxylation is 1. The Bertz CT molecular complexity index is 848. The van der Waals surface area contributed by atoms with E-state index in [4.69, 9.17) is 4.74 Å². The van der Waals surface area contributed by atoms with Crippen LogP contribution in [0.1, 0.15) is 30.5 Å². The molecule has 0 spiro atoms. The zero-order chi connectivity index (χ0) is 19.3. The quantitative estimate of drug-likeness (QED) is 0.562. The second-order valence-corrected chi connectivity index (χ2v) is 7.66. The van der Waals surface area contributed by atoms with E-state index in [1.165, 1.54) is 19.2 Å². The van der Waals surface area contributed by atoms with Gasteiger partial charge in [0, 0.05) is 11.3 Å². The minimum Gasteiger partial charge on any atom is -0.497 e. The predicted molar refractivity (Wildman–Crippen MR) is 98.3 cm³/mol. The lowest BCUT2D eigenvalue weighted by atomic mass is 9.99. The van der Waals surface area contributed by atoms with E-state index in [1.54, 1.807) is 43.3 Å². The van der Waals surface area contributed by atoms with Crippen LogP contribution in [0.15, 0.2) is 53.4 Å². The molecule has 26 heavy (non-hydrogen) atoms. The molecule has 2 rings (SSSR count). The van der Waals surface area contributed by atoms with Crippen LogP contribution in [0, 0.1) is 17.0 Å². The number of rotatable bonds is 8. The van der Waals surface area contributed by atoms with Crippen LogP contribution >= 0.6 is 0 Å². The van der Waals surface area contributed by atoms with Gasteiger partial charge in [0.15, 0.2) is 0 Å². The van der Waals surface area contributed by atoms with Crippen LogP contribution < -0.4 is 9.46 Å². The number of nitrogens with zero attached hydrogens (tertiary/aromatic N) is 1. The molecule has 0 saturated heterocycles. The van der Waals surface area contributed by atoms with Crippen molar-refractivity contribution in [2.24, 2.45) is 0 Å². The van der Waals surface area contributed by atoms with Gasteiger partial charge < -0.3 is 4.74 Å². The topological polar surface area (TPSA) is 98.5 Å². The molecule has 7 nitrogen and oxygen atoms in total. The highest BCUT2D eigenvalue weighted by Crippen LogP contribution is 2.26. The number of sulfonamides is 1. The van der Waals surface area contributed by atoms with E-state index in [9.17, 15) is 18.5 Å². The average Bonchev–Trinajstić information content (AvgIpc) is 2.61. The van der Waals surface area contributed by atoms with Gasteiger partial charge in [0.05, 0.1) is 12.0 Å². The van der Waals surface area contributed by atoms with Crippen molar-refractivity contribution in [3.63, 3.8) is 0 Å². The Hall–Kier alpha value is -2.45. The Morgan fingerprint density at radius 1 is 1.12 bits per heavy atom. The van der Waals surface area contributed by atoms with Crippen molar-refractivity contribution >= 4 is 10.0 Å². The van der Waals surface area contributed by atoms with Crippen LogP contribution in [0.25, 0.3) is 0 Å². The molecule has 8 heteroatoms. The number of ether oxygens (including phenoxy) is 1. The van der Waals surface area contributed by atoms with E-state index in [1.807, 2.05) is 6.92 Å². The maximum Gasteiger partial charge on any atom is 0.241 e. The zero-order valence-electron chi connectivity index (χ0n) is 14.9. The standard InChI is InChI=1S/C18H22N2O5S/c1-4-17(20(21)22)18(14-7-9-15(25-3)10-8-14)19-26(23,24)16-11-5-13(2)6-12-16/h5-12,17-19H,4H2,1-3H3. The number of hydrogen-bond acceptors (Lipinski definition) is 5. The van der Waals surface area contributed by atoms with Gasteiger partial charge in [-0.15, -0.1) is 0 Å². The Morgan fingerprint density at radius 3 is 2.15 bits per heavy atom. The van der Waals surface area contributed by atoms with Crippen molar-refractivity contribution < 1.29 is 18.1 Å². The number of benzene rings is 2. The first-order valence-electron chi connectivity index (χ1n) is 8.15. The lowest BCUT2D eigenvalue weighted by molar-refractivity contribution is -0.527. The number of nitrogens with one attached hydrogen (secondary N) is 1. The molecule has 0 aliphatic heterocycles. The summed E-state index contributed by atoms with van der Waals surface area (Å²) in [5.41, 5.74) is 1.43. The highest BCUT2D eigenvalue weighted by molar-refractivity contribution is 7.89. The highest BCUT2D eigenvalue weighted by atomic mass is 32.2. The van der Waals surface area contributed by atoms with Gasteiger partial charge in [0.1, 0.15) is 11.8 Å². The summed E-state index contributed by atoms with van der Waals surface area (Å²) >= 11 is 0. The molecular weight excluding hydrogens is 356 g/mol. The normalized spacial score (nSPS) is 13.8. The van der Waals surface area contributed by atoms with Crippen molar-refractivity contribution in [1.29, 1.82) is 0 Å². The van der Waals surface area contributed by atoms with E-state index >= 15 is 0 Å². The van der Waals surface area contributed by atoms with Gasteiger partial charge in [0.2, 0.25) is 16.1 Å². The molecule has 2 aromatic rings. The fourth-order valence-corrected chi connectivity index (χ4v) is 3.90. The van der Waals surface area contributed by atoms with Crippen molar-refractivity contribution in [2.45, 2.75) is 37.2 Å². The summed E-state index contributed by atoms with van der Waals surface area (Å²) in [6, 6.07) is 10.8. The van der Waals surface area contributed by atoms with Crippen molar-refractivity contribution in [3.8, 4) is 5.75 Å². The van der Waals surface area contributed by atoms with Crippen LogP contribution in [-0.4, -0.2) is 26.5 Å². The molecule has 0 amide bonds. The summed E-state index contributed by atoms with van der Waals surface area (Å²) in [5, 5.41) is 11.5. The minimum absolute atomic E-state index is 0.0693. The average molecular weight is 378 g/mol. The number of nitro groups is 1. The molecule has 1 N–H and O–H groups in total. The summed E-state index contributed by atoms with van der Waals surface area (Å²) < 4.78 is 33.1. The molecule has 0 bridgehead atoms. The summed E-state index contributed by atoms with van der Waals surface area (Å²) in [6.07, 6.45) is 0.181. The van der Waals surface area contributed by atoms with E-state index in [0.717, 1.165) is 5.56 Å². The molecule has 0 radical (unpaired) electrons. The molecule has 0 aromatic heterocycles. The van der Waals surface area contributed by atoms with Crippen LogP contribution in [-0.2, 0) is 10.0 Å². The first-order valence-corrected chi connectivity index (χ1v) is 9.63. The monoisotopic (exact) mass is 378 g/mol. The SMILES string of the molecule is CCC(C(NS(=O)(=O)c1ccc(C)cc1)c1ccc(OC)cc1)[N+](=O)[O-]. The second kappa shape index (κ2) is 8.29. The maximum absolute atomic E-state index is 12.7. The predicted octanol–water partition coefficient (Wildman–Crippen LogP) is 3.08. The molecule has 0 aliphatic carbocycles. The fourth-order valence-electron chi connectivity index (χ4n) is 2.64. The van der Waals surface area contributed by atoms with Gasteiger partial charge in [0.25, 0.3) is 0 Å². The van der Waals surface area contributed by atoms with Gasteiger partial charge in [-0.2, -0.15) is 4.72 Å². The van der Waals surface area contributed by atoms with Gasteiger partial charge in [-0.05, 0) is 36.8 Å². The van der Waals surface area contributed by atoms with Crippen LogP contribution in [0.5, 0.6) is 5.75 Å². The van der Waals surface area contributed by atoms with Gasteiger partial charge in [-0.1, -0.05) is 36.8 Å². The molecule has 2 atom stereocenters. The molecule has 140 valence electrons. The summed E-state index contributed by atoms with van der Waals surface area (Å²) in [6.45, 7) is 3.51. The Labute approximate surface area is 153 Å². The second-order valence-electron chi connectivity index (χ2n) is 5.95. The largest absolute Gasteiger partial charge is 0.497 e. The minimum atomic E-state index is -3.91. The third kappa shape index (κ3) is 4.59. The highest BCUT2D eigenvalue weighted by Gasteiger charge is 2.35. The lowest BCUT2D eigenvalue weighted by Crippen LogP contribution is -2.39. The Balaban J connectivity index is 2.42. The third-order valence-corrected chi connectivity index (χ3v) is 5.62. The van der Waals surface area contributed by atoms with Gasteiger partial charge in [-0.3, -0.25) is 10.1 Å². The van der Waals surface area contributed by atoms with Crippen LogP contribution in [0.2, 0.25) is 0 Å². The van der Waals surface area contributed by atoms with Gasteiger partial charge in [-0.25, -0.2) is 8.42 Å². The third-order valence-electron chi connectivity index (χ3n) is 4.16.